The lowest BCUT2D eigenvalue weighted by molar-refractivity contribution is -0.135. The van der Waals surface area contributed by atoms with Crippen molar-refractivity contribution in [3.05, 3.63) is 5.82 Å². The molecule has 0 aliphatic carbocycles. The molecule has 24 heavy (non-hydrogen) atoms. The molecule has 0 N–H and O–H groups in total. The molecule has 3 rings (SSSR count). The van der Waals surface area contributed by atoms with Crippen molar-refractivity contribution < 1.29 is 4.79 Å². The van der Waals surface area contributed by atoms with Crippen LogP contribution in [-0.4, -0.2) is 70.4 Å². The Morgan fingerprint density at radius 2 is 1.96 bits per heavy atom. The summed E-state index contributed by atoms with van der Waals surface area (Å²) in [6, 6.07) is 0.406. The van der Waals surface area contributed by atoms with Crippen LogP contribution in [0.15, 0.2) is 0 Å². The zero-order chi connectivity index (χ0) is 17.1. The molecular weight excluding hydrogens is 322 g/mol. The predicted molar refractivity (Wildman–Crippen MR) is 97.7 cm³/mol. The highest BCUT2D eigenvalue weighted by atomic mass is 32.1. The van der Waals surface area contributed by atoms with Crippen LogP contribution < -0.4 is 4.90 Å². The Hall–Kier alpha value is -1.21. The number of piperazine rings is 1. The molecule has 3 heterocycles. The molecule has 1 aromatic heterocycles. The summed E-state index contributed by atoms with van der Waals surface area (Å²) in [7, 11) is 0. The third-order valence-corrected chi connectivity index (χ3v) is 5.86. The lowest BCUT2D eigenvalue weighted by Crippen LogP contribution is -2.52. The summed E-state index contributed by atoms with van der Waals surface area (Å²) in [4.78, 5) is 23.9. The highest BCUT2D eigenvalue weighted by Crippen LogP contribution is 2.22. The van der Waals surface area contributed by atoms with Crippen molar-refractivity contribution in [2.75, 3.05) is 44.2 Å². The van der Waals surface area contributed by atoms with Crippen LogP contribution in [0.1, 0.15) is 51.8 Å². The summed E-state index contributed by atoms with van der Waals surface area (Å²) in [6.07, 6.45) is 3.55. The molecular formula is C17H29N5OS. The van der Waals surface area contributed by atoms with Crippen LogP contribution >= 0.6 is 11.5 Å². The Kier molecular flexibility index (Phi) is 5.71. The maximum Gasteiger partial charge on any atom is 0.236 e. The molecule has 1 atom stereocenters. The van der Waals surface area contributed by atoms with Gasteiger partial charge >= 0.3 is 0 Å². The SMILES string of the molecule is CC(C)c1nsc(N2CCN(CC(=O)N3CCCC[C@@H]3C)CC2)n1. The van der Waals surface area contributed by atoms with Gasteiger partial charge in [0.1, 0.15) is 5.82 Å². The molecule has 2 fully saturated rings. The zero-order valence-electron chi connectivity index (χ0n) is 15.1. The molecule has 0 aromatic carbocycles. The van der Waals surface area contributed by atoms with Crippen molar-refractivity contribution in [1.29, 1.82) is 0 Å². The second-order valence-corrected chi connectivity index (χ2v) is 8.02. The molecule has 2 saturated heterocycles. The number of anilines is 1. The number of carbonyl (C=O) groups excluding carboxylic acids is 1. The topological polar surface area (TPSA) is 52.6 Å². The van der Waals surface area contributed by atoms with Crippen molar-refractivity contribution in [1.82, 2.24) is 19.2 Å². The van der Waals surface area contributed by atoms with Crippen LogP contribution in [0.5, 0.6) is 0 Å². The fourth-order valence-electron chi connectivity index (χ4n) is 3.44. The number of hydrogen-bond donors (Lipinski definition) is 0. The molecule has 7 heteroatoms. The number of carbonyl (C=O) groups is 1. The van der Waals surface area contributed by atoms with Crippen molar-refractivity contribution >= 4 is 22.6 Å². The lowest BCUT2D eigenvalue weighted by atomic mass is 10.0. The van der Waals surface area contributed by atoms with E-state index in [0.29, 0.717) is 24.4 Å². The molecule has 1 aromatic rings. The molecule has 134 valence electrons. The van der Waals surface area contributed by atoms with Gasteiger partial charge in [-0.05, 0) is 26.2 Å². The number of likely N-dealkylation sites (tertiary alicyclic amines) is 1. The summed E-state index contributed by atoms with van der Waals surface area (Å²) in [5, 5.41) is 1.02. The highest BCUT2D eigenvalue weighted by molar-refractivity contribution is 7.09. The number of hydrogen-bond acceptors (Lipinski definition) is 6. The highest BCUT2D eigenvalue weighted by Gasteiger charge is 2.27. The van der Waals surface area contributed by atoms with E-state index in [-0.39, 0.29) is 0 Å². The second kappa shape index (κ2) is 7.78. The van der Waals surface area contributed by atoms with E-state index in [1.807, 2.05) is 0 Å². The number of aromatic nitrogens is 2. The van der Waals surface area contributed by atoms with Crippen LogP contribution in [0.25, 0.3) is 0 Å². The van der Waals surface area contributed by atoms with Crippen LogP contribution in [0.3, 0.4) is 0 Å². The van der Waals surface area contributed by atoms with Gasteiger partial charge in [0.25, 0.3) is 0 Å². The molecule has 0 radical (unpaired) electrons. The van der Waals surface area contributed by atoms with Crippen molar-refractivity contribution in [3.63, 3.8) is 0 Å². The number of piperidine rings is 1. The van der Waals surface area contributed by atoms with Gasteiger partial charge in [-0.15, -0.1) is 0 Å². The van der Waals surface area contributed by atoms with Crippen molar-refractivity contribution in [2.24, 2.45) is 0 Å². The minimum absolute atomic E-state index is 0.300. The molecule has 0 saturated carbocycles. The van der Waals surface area contributed by atoms with E-state index < -0.39 is 0 Å². The fourth-order valence-corrected chi connectivity index (χ4v) is 4.30. The van der Waals surface area contributed by atoms with E-state index in [1.54, 1.807) is 0 Å². The number of nitrogens with zero attached hydrogens (tertiary/aromatic N) is 5. The van der Waals surface area contributed by atoms with E-state index >= 15 is 0 Å². The molecule has 1 amide bonds. The van der Waals surface area contributed by atoms with Crippen LogP contribution in [0.4, 0.5) is 5.13 Å². The molecule has 2 aliphatic heterocycles. The summed E-state index contributed by atoms with van der Waals surface area (Å²) >= 11 is 1.49. The fraction of sp³-hybridized carbons (Fsp3) is 0.824. The predicted octanol–water partition coefficient (Wildman–Crippen LogP) is 2.18. The molecule has 0 spiro atoms. The smallest absolute Gasteiger partial charge is 0.236 e. The first-order valence-corrected chi connectivity index (χ1v) is 9.92. The quantitative estimate of drug-likeness (QED) is 0.832. The summed E-state index contributed by atoms with van der Waals surface area (Å²) < 4.78 is 4.44. The average molecular weight is 352 g/mol. The first-order valence-electron chi connectivity index (χ1n) is 9.15. The molecule has 0 bridgehead atoms. The van der Waals surface area contributed by atoms with Crippen molar-refractivity contribution in [2.45, 2.75) is 52.0 Å². The zero-order valence-corrected chi connectivity index (χ0v) is 15.9. The van der Waals surface area contributed by atoms with Gasteiger partial charge in [-0.3, -0.25) is 9.69 Å². The van der Waals surface area contributed by atoms with E-state index in [2.05, 4.69) is 44.8 Å². The van der Waals surface area contributed by atoms with Crippen LogP contribution in [0, 0.1) is 0 Å². The number of rotatable bonds is 4. The van der Waals surface area contributed by atoms with Gasteiger partial charge in [0.2, 0.25) is 11.0 Å². The Labute approximate surface area is 149 Å². The first kappa shape index (κ1) is 17.6. The number of amides is 1. The third kappa shape index (κ3) is 4.06. The second-order valence-electron chi connectivity index (χ2n) is 7.28. The normalized spacial score (nSPS) is 23.1. The van der Waals surface area contributed by atoms with Gasteiger partial charge in [-0.25, -0.2) is 4.98 Å². The maximum atomic E-state index is 12.6. The van der Waals surface area contributed by atoms with E-state index in [4.69, 9.17) is 0 Å². The van der Waals surface area contributed by atoms with Crippen LogP contribution in [-0.2, 0) is 4.79 Å². The minimum Gasteiger partial charge on any atom is -0.344 e. The molecule has 0 unspecified atom stereocenters. The Morgan fingerprint density at radius 3 is 2.58 bits per heavy atom. The van der Waals surface area contributed by atoms with Gasteiger partial charge in [-0.1, -0.05) is 13.8 Å². The van der Waals surface area contributed by atoms with Gasteiger partial charge in [0.15, 0.2) is 0 Å². The van der Waals surface area contributed by atoms with Gasteiger partial charge < -0.3 is 9.80 Å². The van der Waals surface area contributed by atoms with Crippen LogP contribution in [0.2, 0.25) is 0 Å². The third-order valence-electron chi connectivity index (χ3n) is 5.07. The van der Waals surface area contributed by atoms with E-state index in [0.717, 1.165) is 56.5 Å². The molecule has 2 aliphatic rings. The Balaban J connectivity index is 1.48. The minimum atomic E-state index is 0.300. The van der Waals surface area contributed by atoms with E-state index in [9.17, 15) is 4.79 Å². The van der Waals surface area contributed by atoms with Gasteiger partial charge in [0, 0.05) is 56.2 Å². The molecule has 6 nitrogen and oxygen atoms in total. The summed E-state index contributed by atoms with van der Waals surface area (Å²) in [5.41, 5.74) is 0. The lowest BCUT2D eigenvalue weighted by Gasteiger charge is -2.37. The standard InChI is InChI=1S/C17H29N5OS/c1-13(2)16-18-17(24-19-16)21-10-8-20(9-11-21)12-15(23)22-7-5-4-6-14(22)3/h13-14H,4-12H2,1-3H3/t14-/m0/s1. The van der Waals surface area contributed by atoms with Crippen molar-refractivity contribution in [3.8, 4) is 0 Å². The summed E-state index contributed by atoms with van der Waals surface area (Å²) in [5.74, 6) is 1.61. The maximum absolute atomic E-state index is 12.6. The average Bonchev–Trinajstić information content (AvgIpc) is 3.06. The van der Waals surface area contributed by atoms with E-state index in [1.165, 1.54) is 18.0 Å². The largest absolute Gasteiger partial charge is 0.344 e. The monoisotopic (exact) mass is 351 g/mol. The van der Waals surface area contributed by atoms with Gasteiger partial charge in [-0.2, -0.15) is 4.37 Å². The van der Waals surface area contributed by atoms with Gasteiger partial charge in [0.05, 0.1) is 6.54 Å². The Morgan fingerprint density at radius 1 is 1.21 bits per heavy atom. The summed E-state index contributed by atoms with van der Waals surface area (Å²) in [6.45, 7) is 11.6. The Bertz CT molecular complexity index is 553. The first-order chi connectivity index (χ1) is 11.5.